The molecule has 1 aliphatic heterocycles. The molecule has 0 amide bonds. The number of phenols is 1. The van der Waals surface area contributed by atoms with Crippen molar-refractivity contribution in [2.24, 2.45) is 0 Å². The molecule has 0 spiro atoms. The fourth-order valence-electron chi connectivity index (χ4n) is 5.49. The number of hydrogen-bond donors (Lipinski definition) is 1. The van der Waals surface area contributed by atoms with Gasteiger partial charge in [0.25, 0.3) is 0 Å². The molecule has 2 aromatic heterocycles. The summed E-state index contributed by atoms with van der Waals surface area (Å²) in [5, 5.41) is 11.7. The molecule has 0 unspecified atom stereocenters. The summed E-state index contributed by atoms with van der Waals surface area (Å²) in [6.07, 6.45) is 1.82. The summed E-state index contributed by atoms with van der Waals surface area (Å²) in [7, 11) is 0. The predicted molar refractivity (Wildman–Crippen MR) is 151 cm³/mol. The Bertz CT molecular complexity index is 1660. The Morgan fingerprint density at radius 3 is 2.37 bits per heavy atom. The third-order valence-corrected chi connectivity index (χ3v) is 7.42. The van der Waals surface area contributed by atoms with Gasteiger partial charge in [-0.25, -0.2) is 4.98 Å². The van der Waals surface area contributed by atoms with Gasteiger partial charge >= 0.3 is 0 Å². The Morgan fingerprint density at radius 2 is 1.63 bits per heavy atom. The van der Waals surface area contributed by atoms with Gasteiger partial charge in [0.15, 0.2) is 0 Å². The normalized spacial score (nSPS) is 14.0. The Kier molecular flexibility index (Phi) is 6.44. The summed E-state index contributed by atoms with van der Waals surface area (Å²) >= 11 is 0. The standard InChI is InChI=1S/C33H30N3O.Pt/c1-32(2,3)25-20-26(35-31-22(25)11-10-14-29(31)37)21-16-17-24-28(19-21)36(30-15-8-9-18-34-30)27-13-7-6-12-23(27)33(24,4)5;/h6-18,20,37H,1-5H3;/q-1;. The molecule has 0 radical (unpaired) electrons. The monoisotopic (exact) mass is 679 g/mol. The van der Waals surface area contributed by atoms with E-state index >= 15 is 0 Å². The first kappa shape index (κ1) is 26.1. The minimum Gasteiger partial charge on any atom is -0.506 e. The predicted octanol–water partition coefficient (Wildman–Crippen LogP) is 8.21. The molecule has 0 bridgehead atoms. The van der Waals surface area contributed by atoms with Crippen molar-refractivity contribution < 1.29 is 26.2 Å². The van der Waals surface area contributed by atoms with Crippen LogP contribution < -0.4 is 4.90 Å². The van der Waals surface area contributed by atoms with Crippen molar-refractivity contribution >= 4 is 28.1 Å². The second kappa shape index (κ2) is 9.36. The Balaban J connectivity index is 0.00000294. The number of aromatic hydroxyl groups is 1. The van der Waals surface area contributed by atoms with Crippen LogP contribution in [-0.4, -0.2) is 15.1 Å². The van der Waals surface area contributed by atoms with E-state index in [0.717, 1.165) is 39.4 Å². The maximum Gasteiger partial charge on any atom is 0.140 e. The number of aromatic nitrogens is 2. The third-order valence-electron chi connectivity index (χ3n) is 7.42. The van der Waals surface area contributed by atoms with Crippen LogP contribution in [0, 0.1) is 6.07 Å². The van der Waals surface area contributed by atoms with Crippen LogP contribution in [-0.2, 0) is 31.9 Å². The number of phenolic OH excluding ortho intramolecular Hbond substituents is 1. The summed E-state index contributed by atoms with van der Waals surface area (Å²) in [5.74, 6) is 1.03. The number of fused-ring (bicyclic) bond motifs is 3. The van der Waals surface area contributed by atoms with E-state index in [1.165, 1.54) is 11.1 Å². The summed E-state index contributed by atoms with van der Waals surface area (Å²) < 4.78 is 0. The molecule has 5 heteroatoms. The van der Waals surface area contributed by atoms with Crippen molar-refractivity contribution in [1.29, 1.82) is 0 Å². The second-order valence-electron chi connectivity index (χ2n) is 11.3. The molecular formula is C33H30N3OPt-. The number of nitrogens with zero attached hydrogens (tertiary/aromatic N) is 3. The van der Waals surface area contributed by atoms with Gasteiger partial charge in [0.1, 0.15) is 17.1 Å². The fraction of sp³-hybridized carbons (Fsp3) is 0.212. The van der Waals surface area contributed by atoms with Crippen LogP contribution in [0.5, 0.6) is 5.75 Å². The van der Waals surface area contributed by atoms with E-state index in [-0.39, 0.29) is 37.6 Å². The smallest absolute Gasteiger partial charge is 0.140 e. The van der Waals surface area contributed by atoms with Gasteiger partial charge in [-0.05, 0) is 57.6 Å². The van der Waals surface area contributed by atoms with Crippen LogP contribution in [0.3, 0.4) is 0 Å². The topological polar surface area (TPSA) is 49.2 Å². The van der Waals surface area contributed by atoms with Crippen molar-refractivity contribution in [2.75, 3.05) is 4.90 Å². The first-order valence-electron chi connectivity index (χ1n) is 12.7. The van der Waals surface area contributed by atoms with E-state index in [4.69, 9.17) is 9.97 Å². The summed E-state index contributed by atoms with van der Waals surface area (Å²) in [6, 6.07) is 30.3. The van der Waals surface area contributed by atoms with E-state index in [2.05, 4.69) is 88.0 Å². The van der Waals surface area contributed by atoms with Gasteiger partial charge in [-0.1, -0.05) is 82.6 Å². The third kappa shape index (κ3) is 4.12. The van der Waals surface area contributed by atoms with Crippen LogP contribution >= 0.6 is 0 Å². The molecule has 0 aliphatic carbocycles. The molecule has 0 saturated carbocycles. The van der Waals surface area contributed by atoms with Gasteiger partial charge < -0.3 is 10.0 Å². The summed E-state index contributed by atoms with van der Waals surface area (Å²) in [4.78, 5) is 11.8. The zero-order valence-electron chi connectivity index (χ0n) is 22.2. The molecule has 6 rings (SSSR count). The quantitative estimate of drug-likeness (QED) is 0.191. The molecule has 0 atom stereocenters. The molecule has 194 valence electrons. The fourth-order valence-corrected chi connectivity index (χ4v) is 5.49. The molecule has 1 N–H and O–H groups in total. The van der Waals surface area contributed by atoms with Crippen molar-refractivity contribution in [3.05, 3.63) is 108 Å². The number of pyridine rings is 2. The van der Waals surface area contributed by atoms with Crippen LogP contribution in [0.2, 0.25) is 0 Å². The molecule has 1 aliphatic rings. The van der Waals surface area contributed by atoms with Crippen molar-refractivity contribution in [3.63, 3.8) is 0 Å². The molecule has 3 heterocycles. The number of benzene rings is 3. The van der Waals surface area contributed by atoms with Crippen LogP contribution in [0.1, 0.15) is 51.3 Å². The van der Waals surface area contributed by atoms with Gasteiger partial charge in [0.2, 0.25) is 0 Å². The van der Waals surface area contributed by atoms with Gasteiger partial charge in [-0.3, -0.25) is 4.98 Å². The molecule has 5 aromatic rings. The van der Waals surface area contributed by atoms with Crippen molar-refractivity contribution in [3.8, 4) is 17.0 Å². The first-order valence-corrected chi connectivity index (χ1v) is 12.7. The molecule has 0 saturated heterocycles. The average Bonchev–Trinajstić information content (AvgIpc) is 2.88. The van der Waals surface area contributed by atoms with Gasteiger partial charge in [-0.15, -0.1) is 23.8 Å². The number of para-hydroxylation sites is 2. The van der Waals surface area contributed by atoms with Crippen molar-refractivity contribution in [1.82, 2.24) is 9.97 Å². The van der Waals surface area contributed by atoms with E-state index < -0.39 is 0 Å². The maximum absolute atomic E-state index is 10.7. The number of rotatable bonds is 2. The molecule has 4 nitrogen and oxygen atoms in total. The maximum atomic E-state index is 10.7. The molecule has 0 fully saturated rings. The SMILES string of the molecule is CC(C)(C)c1cc(-c2[c-]c3c(cc2)C(C)(C)c2ccccc2N3c2ccccn2)nc2c(O)cccc12.[Pt]. The molecule has 38 heavy (non-hydrogen) atoms. The van der Waals surface area contributed by atoms with E-state index in [9.17, 15) is 5.11 Å². The minimum atomic E-state index is -0.210. The zero-order valence-corrected chi connectivity index (χ0v) is 24.5. The van der Waals surface area contributed by atoms with Crippen LogP contribution in [0.4, 0.5) is 17.2 Å². The number of hydrogen-bond acceptors (Lipinski definition) is 4. The Labute approximate surface area is 238 Å². The van der Waals surface area contributed by atoms with E-state index in [0.29, 0.717) is 5.52 Å². The van der Waals surface area contributed by atoms with E-state index in [1.807, 2.05) is 36.5 Å². The summed E-state index contributed by atoms with van der Waals surface area (Å²) in [6.45, 7) is 11.1. The Morgan fingerprint density at radius 1 is 0.868 bits per heavy atom. The second-order valence-corrected chi connectivity index (χ2v) is 11.3. The first-order chi connectivity index (χ1) is 17.7. The Hall–Kier alpha value is -3.49. The van der Waals surface area contributed by atoms with Crippen LogP contribution in [0.25, 0.3) is 22.2 Å². The largest absolute Gasteiger partial charge is 0.506 e. The van der Waals surface area contributed by atoms with Gasteiger partial charge in [0.05, 0.1) is 0 Å². The van der Waals surface area contributed by atoms with E-state index in [1.54, 1.807) is 6.07 Å². The average molecular weight is 680 g/mol. The molecular weight excluding hydrogens is 649 g/mol. The van der Waals surface area contributed by atoms with Crippen molar-refractivity contribution in [2.45, 2.75) is 45.4 Å². The number of anilines is 3. The minimum absolute atomic E-state index is 0. The van der Waals surface area contributed by atoms with Gasteiger partial charge in [0, 0.05) is 38.3 Å². The van der Waals surface area contributed by atoms with Crippen LogP contribution in [0.15, 0.2) is 85.1 Å². The zero-order chi connectivity index (χ0) is 25.9. The molecule has 3 aromatic carbocycles. The van der Waals surface area contributed by atoms with Gasteiger partial charge in [-0.2, -0.15) is 0 Å². The summed E-state index contributed by atoms with van der Waals surface area (Å²) in [5.41, 5.74) is 7.59.